The molecule has 3 unspecified atom stereocenters. The van der Waals surface area contributed by atoms with Crippen LogP contribution in [0.2, 0.25) is 0 Å². The van der Waals surface area contributed by atoms with Gasteiger partial charge >= 0.3 is 5.97 Å². The monoisotopic (exact) mass is 317 g/mol. The van der Waals surface area contributed by atoms with E-state index in [1.807, 2.05) is 0 Å². The average molecular weight is 317 g/mol. The Hall–Kier alpha value is -1.67. The maximum absolute atomic E-state index is 12.1. The van der Waals surface area contributed by atoms with Crippen molar-refractivity contribution in [2.45, 2.75) is 64.1 Å². The van der Waals surface area contributed by atoms with Crippen molar-refractivity contribution in [2.24, 2.45) is 5.73 Å². The molecule has 8 nitrogen and oxygen atoms in total. The molecule has 0 rings (SSSR count). The number of rotatable bonds is 12. The number of nitrogens with one attached hydrogen (secondary N) is 2. The molecule has 22 heavy (non-hydrogen) atoms. The number of nitrogens with two attached hydrogens (primary N) is 1. The molecule has 0 saturated heterocycles. The van der Waals surface area contributed by atoms with Gasteiger partial charge in [0.05, 0.1) is 6.10 Å². The Morgan fingerprint density at radius 3 is 2.32 bits per heavy atom. The first-order chi connectivity index (χ1) is 10.3. The number of carbonyl (C=O) groups excluding carboxylic acids is 2. The molecule has 8 heteroatoms. The van der Waals surface area contributed by atoms with Crippen molar-refractivity contribution in [3.05, 3.63) is 0 Å². The number of carbonyl (C=O) groups is 3. The van der Waals surface area contributed by atoms with Crippen molar-refractivity contribution in [3.63, 3.8) is 0 Å². The van der Waals surface area contributed by atoms with E-state index in [-0.39, 0.29) is 12.8 Å². The first-order valence-corrected chi connectivity index (χ1v) is 7.52. The number of unbranched alkanes of at least 4 members (excludes halogenated alkanes) is 2. The first kappa shape index (κ1) is 20.3. The summed E-state index contributed by atoms with van der Waals surface area (Å²) in [6.45, 7) is 4.08. The van der Waals surface area contributed by atoms with E-state index in [1.54, 1.807) is 0 Å². The average Bonchev–Trinajstić information content (AvgIpc) is 2.42. The summed E-state index contributed by atoms with van der Waals surface area (Å²) in [5.74, 6) is -2.45. The van der Waals surface area contributed by atoms with Crippen molar-refractivity contribution in [3.8, 4) is 0 Å². The van der Waals surface area contributed by atoms with E-state index in [0.29, 0.717) is 6.54 Å². The predicted molar refractivity (Wildman–Crippen MR) is 81.0 cm³/mol. The van der Waals surface area contributed by atoms with E-state index in [0.717, 1.165) is 19.3 Å². The molecule has 0 bridgehead atoms. The maximum Gasteiger partial charge on any atom is 0.303 e. The zero-order chi connectivity index (χ0) is 17.1. The van der Waals surface area contributed by atoms with Crippen LogP contribution in [-0.4, -0.2) is 52.7 Å². The molecular formula is C14H27N3O5. The normalized spacial score (nSPS) is 14.9. The zero-order valence-electron chi connectivity index (χ0n) is 13.2. The molecule has 6 N–H and O–H groups in total. The van der Waals surface area contributed by atoms with E-state index in [9.17, 15) is 19.5 Å². The minimum atomic E-state index is -1.08. The highest BCUT2D eigenvalue weighted by molar-refractivity contribution is 5.89. The number of carboxylic acid groups (broad SMARTS) is 1. The fraction of sp³-hybridized carbons (Fsp3) is 0.786. The zero-order valence-corrected chi connectivity index (χ0v) is 13.2. The molecule has 128 valence electrons. The van der Waals surface area contributed by atoms with Crippen LogP contribution in [0.3, 0.4) is 0 Å². The second-order valence-corrected chi connectivity index (χ2v) is 5.28. The largest absolute Gasteiger partial charge is 0.481 e. The predicted octanol–water partition coefficient (Wildman–Crippen LogP) is -0.649. The Morgan fingerprint density at radius 2 is 1.86 bits per heavy atom. The van der Waals surface area contributed by atoms with Gasteiger partial charge in [-0.25, -0.2) is 0 Å². The fourth-order valence-electron chi connectivity index (χ4n) is 1.93. The number of hydrogen-bond acceptors (Lipinski definition) is 5. The summed E-state index contributed by atoms with van der Waals surface area (Å²) in [7, 11) is 0. The highest BCUT2D eigenvalue weighted by Gasteiger charge is 2.27. The second kappa shape index (κ2) is 11.0. The van der Waals surface area contributed by atoms with E-state index in [4.69, 9.17) is 10.8 Å². The summed E-state index contributed by atoms with van der Waals surface area (Å²) in [5, 5.41) is 23.6. The quantitative estimate of drug-likeness (QED) is 0.303. The number of aliphatic hydroxyl groups excluding tert-OH is 1. The van der Waals surface area contributed by atoms with Gasteiger partial charge in [-0.15, -0.1) is 0 Å². The van der Waals surface area contributed by atoms with Crippen LogP contribution >= 0.6 is 0 Å². The Morgan fingerprint density at radius 1 is 1.23 bits per heavy atom. The maximum atomic E-state index is 12.1. The molecule has 0 heterocycles. The fourth-order valence-corrected chi connectivity index (χ4v) is 1.93. The van der Waals surface area contributed by atoms with Gasteiger partial charge in [-0.3, -0.25) is 14.4 Å². The van der Waals surface area contributed by atoms with Crippen LogP contribution in [0.4, 0.5) is 0 Å². The van der Waals surface area contributed by atoms with Gasteiger partial charge in [0.25, 0.3) is 0 Å². The van der Waals surface area contributed by atoms with E-state index in [1.165, 1.54) is 6.92 Å². The molecule has 3 atom stereocenters. The Bertz CT molecular complexity index is 373. The van der Waals surface area contributed by atoms with Crippen LogP contribution in [-0.2, 0) is 14.4 Å². The van der Waals surface area contributed by atoms with Gasteiger partial charge in [0.2, 0.25) is 11.8 Å². The molecular weight excluding hydrogens is 290 g/mol. The summed E-state index contributed by atoms with van der Waals surface area (Å²) in [4.78, 5) is 33.9. The van der Waals surface area contributed by atoms with Crippen molar-refractivity contribution < 1.29 is 24.6 Å². The Labute approximate surface area is 130 Å². The van der Waals surface area contributed by atoms with Crippen molar-refractivity contribution in [1.82, 2.24) is 10.6 Å². The molecule has 0 spiro atoms. The van der Waals surface area contributed by atoms with Crippen molar-refractivity contribution in [2.75, 3.05) is 6.54 Å². The molecule has 0 saturated carbocycles. The van der Waals surface area contributed by atoms with Gasteiger partial charge in [0.15, 0.2) is 0 Å². The van der Waals surface area contributed by atoms with Crippen LogP contribution in [0, 0.1) is 0 Å². The van der Waals surface area contributed by atoms with Gasteiger partial charge in [-0.1, -0.05) is 19.8 Å². The molecule has 0 aliphatic heterocycles. The van der Waals surface area contributed by atoms with Crippen LogP contribution in [0.15, 0.2) is 0 Å². The molecule has 2 amide bonds. The molecule has 0 aliphatic carbocycles. The summed E-state index contributed by atoms with van der Waals surface area (Å²) in [5.41, 5.74) is 5.16. The van der Waals surface area contributed by atoms with E-state index < -0.39 is 36.0 Å². The number of amides is 2. The Balaban J connectivity index is 4.55. The van der Waals surface area contributed by atoms with Gasteiger partial charge < -0.3 is 26.6 Å². The van der Waals surface area contributed by atoms with Gasteiger partial charge in [0, 0.05) is 6.42 Å². The van der Waals surface area contributed by atoms with Gasteiger partial charge in [-0.05, 0) is 26.3 Å². The van der Waals surface area contributed by atoms with Crippen LogP contribution in [0.5, 0.6) is 0 Å². The SMILES string of the molecule is CCCCCNC(C(=O)NC(CCC(=O)O)C(N)=O)C(C)O. The topological polar surface area (TPSA) is 142 Å². The first-order valence-electron chi connectivity index (χ1n) is 7.52. The number of aliphatic hydroxyl groups is 1. The smallest absolute Gasteiger partial charge is 0.303 e. The van der Waals surface area contributed by atoms with Crippen LogP contribution < -0.4 is 16.4 Å². The minimum absolute atomic E-state index is 0.0846. The highest BCUT2D eigenvalue weighted by atomic mass is 16.4. The lowest BCUT2D eigenvalue weighted by molar-refractivity contribution is -0.138. The Kier molecular flexibility index (Phi) is 10.1. The molecule has 0 fully saturated rings. The van der Waals surface area contributed by atoms with Crippen molar-refractivity contribution >= 4 is 17.8 Å². The standard InChI is InChI=1S/C14H27N3O5/c1-3-4-5-8-16-12(9(2)18)14(22)17-10(13(15)21)6-7-11(19)20/h9-10,12,16,18H,3-8H2,1-2H3,(H2,15,21)(H,17,22)(H,19,20). The summed E-state index contributed by atoms with van der Waals surface area (Å²) >= 11 is 0. The number of hydrogen-bond donors (Lipinski definition) is 5. The molecule has 0 aromatic heterocycles. The van der Waals surface area contributed by atoms with Crippen LogP contribution in [0.1, 0.15) is 46.0 Å². The number of aliphatic carboxylic acids is 1. The third-order valence-corrected chi connectivity index (χ3v) is 3.22. The second-order valence-electron chi connectivity index (χ2n) is 5.28. The van der Waals surface area contributed by atoms with Gasteiger partial charge in [-0.2, -0.15) is 0 Å². The van der Waals surface area contributed by atoms with Gasteiger partial charge in [0.1, 0.15) is 12.1 Å². The lowest BCUT2D eigenvalue weighted by Crippen LogP contribution is -2.55. The molecule has 0 radical (unpaired) electrons. The molecule has 0 aromatic rings. The summed E-state index contributed by atoms with van der Waals surface area (Å²) in [6.07, 6.45) is 1.59. The lowest BCUT2D eigenvalue weighted by atomic mass is 10.1. The lowest BCUT2D eigenvalue weighted by Gasteiger charge is -2.23. The van der Waals surface area contributed by atoms with E-state index >= 15 is 0 Å². The molecule has 0 aliphatic rings. The number of carboxylic acids is 1. The third kappa shape index (κ3) is 8.58. The third-order valence-electron chi connectivity index (χ3n) is 3.22. The van der Waals surface area contributed by atoms with Crippen LogP contribution in [0.25, 0.3) is 0 Å². The number of primary amides is 1. The van der Waals surface area contributed by atoms with E-state index in [2.05, 4.69) is 17.6 Å². The minimum Gasteiger partial charge on any atom is -0.481 e. The summed E-state index contributed by atoms with van der Waals surface area (Å²) < 4.78 is 0. The highest BCUT2D eigenvalue weighted by Crippen LogP contribution is 2.01. The summed E-state index contributed by atoms with van der Waals surface area (Å²) in [6, 6.07) is -1.94. The molecule has 0 aromatic carbocycles. The van der Waals surface area contributed by atoms with Crippen molar-refractivity contribution in [1.29, 1.82) is 0 Å².